The molecule has 2 saturated carbocycles. The molecule has 6 rings (SSSR count). The molecule has 2 fully saturated rings. The van der Waals surface area contributed by atoms with Crippen LogP contribution in [-0.4, -0.2) is 67.4 Å². The molecule has 2 bridgehead atoms. The minimum atomic E-state index is -1.23. The van der Waals surface area contributed by atoms with Crippen molar-refractivity contribution in [2.24, 2.45) is 11.8 Å². The lowest BCUT2D eigenvalue weighted by Gasteiger charge is -2.30. The third-order valence-electron chi connectivity index (χ3n) is 9.66. The first-order valence-electron chi connectivity index (χ1n) is 17.3. The molecule has 0 amide bonds. The zero-order valence-electron chi connectivity index (χ0n) is 29.0. The highest BCUT2D eigenvalue weighted by Gasteiger charge is 2.36. The van der Waals surface area contributed by atoms with Crippen molar-refractivity contribution in [2.45, 2.75) is 89.4 Å². The predicted octanol–water partition coefficient (Wildman–Crippen LogP) is 8.72. The minimum absolute atomic E-state index is 0.243. The molecule has 3 atom stereocenters. The highest BCUT2D eigenvalue weighted by molar-refractivity contribution is 6.76. The number of rotatable bonds is 14. The summed E-state index contributed by atoms with van der Waals surface area (Å²) in [5.74, 6) is 2.55. The minimum Gasteiger partial charge on any atom is -0.361 e. The number of hydrogen-bond donors (Lipinski definition) is 0. The number of halogens is 1. The van der Waals surface area contributed by atoms with Crippen molar-refractivity contribution in [3.8, 4) is 22.5 Å². The highest BCUT2D eigenvalue weighted by atomic mass is 28.3. The van der Waals surface area contributed by atoms with E-state index >= 15 is 0 Å². The number of ether oxygens (including phenoxy) is 2. The molecule has 0 spiro atoms. The fourth-order valence-electron chi connectivity index (χ4n) is 6.90. The third-order valence-corrected chi connectivity index (χ3v) is 13.1. The number of nitrogens with zero attached hydrogens (tertiary/aromatic N) is 6. The summed E-state index contributed by atoms with van der Waals surface area (Å²) in [5, 5.41) is 4.89. The third kappa shape index (κ3) is 8.54. The van der Waals surface area contributed by atoms with Crippen LogP contribution < -0.4 is 4.90 Å². The van der Waals surface area contributed by atoms with Gasteiger partial charge in [0.15, 0.2) is 11.5 Å². The van der Waals surface area contributed by atoms with Crippen LogP contribution in [0.3, 0.4) is 0 Å². The Kier molecular flexibility index (Phi) is 10.3. The van der Waals surface area contributed by atoms with Gasteiger partial charge < -0.3 is 14.4 Å². The lowest BCUT2D eigenvalue weighted by Crippen LogP contribution is -2.33. The van der Waals surface area contributed by atoms with Crippen LogP contribution in [-0.2, 0) is 9.47 Å². The quantitative estimate of drug-likeness (QED) is 0.0752. The Balaban J connectivity index is 1.36. The second-order valence-corrected chi connectivity index (χ2v) is 27.3. The molecule has 2 aliphatic rings. The highest BCUT2D eigenvalue weighted by Crippen LogP contribution is 2.48. The Hall–Kier alpha value is -3.00. The van der Waals surface area contributed by atoms with Gasteiger partial charge in [-0.2, -0.15) is 9.61 Å². The summed E-state index contributed by atoms with van der Waals surface area (Å²) in [6.45, 7) is 16.6. The van der Waals surface area contributed by atoms with Gasteiger partial charge >= 0.3 is 0 Å². The maximum atomic E-state index is 14.4. The molecular weight excluding hydrogens is 624 g/mol. The zero-order valence-corrected chi connectivity index (χ0v) is 31.0. The lowest BCUT2D eigenvalue weighted by atomic mass is 9.79. The molecule has 0 aliphatic heterocycles. The molecule has 0 aromatic carbocycles. The number of hydrogen-bond acceptors (Lipinski definition) is 7. The summed E-state index contributed by atoms with van der Waals surface area (Å²) < 4.78 is 29.1. The van der Waals surface area contributed by atoms with Gasteiger partial charge in [0, 0.05) is 70.6 Å². The molecular formula is C36H51FN6O2Si2. The van der Waals surface area contributed by atoms with E-state index in [1.54, 1.807) is 18.5 Å². The molecule has 0 radical (unpaired) electrons. The summed E-state index contributed by atoms with van der Waals surface area (Å²) in [6.07, 6.45) is 11.6. The summed E-state index contributed by atoms with van der Waals surface area (Å²) in [6, 6.07) is 11.2. The van der Waals surface area contributed by atoms with Crippen molar-refractivity contribution in [1.29, 1.82) is 0 Å². The second-order valence-electron chi connectivity index (χ2n) is 16.0. The maximum Gasteiger partial charge on any atom is 0.165 e. The van der Waals surface area contributed by atoms with Gasteiger partial charge in [-0.25, -0.2) is 9.37 Å². The Bertz CT molecular complexity index is 1620. The SMILES string of the molecule is C[Si](C)(C)CCOCN(COCC[Si](C)(C)C)c1cc([C@H]2C[C@@H]3CC[C@@H](C3)C2)nc2c(-c3ccc(-c4ncccc4F)nc3)cnn12. The van der Waals surface area contributed by atoms with E-state index in [0.29, 0.717) is 25.1 Å². The summed E-state index contributed by atoms with van der Waals surface area (Å²) in [7, 11) is -2.47. The summed E-state index contributed by atoms with van der Waals surface area (Å²) >= 11 is 0. The molecule has 4 aromatic heterocycles. The fraction of sp³-hybridized carbons (Fsp3) is 0.556. The Morgan fingerprint density at radius 2 is 1.55 bits per heavy atom. The van der Waals surface area contributed by atoms with Crippen molar-refractivity contribution in [1.82, 2.24) is 24.6 Å². The van der Waals surface area contributed by atoms with Crippen molar-refractivity contribution < 1.29 is 13.9 Å². The van der Waals surface area contributed by atoms with Gasteiger partial charge in [-0.05, 0) is 61.4 Å². The molecule has 0 saturated heterocycles. The summed E-state index contributed by atoms with van der Waals surface area (Å²) in [4.78, 5) is 16.3. The standard InChI is InChI=1S/C36H51FN6O2Si2/c1-46(2,3)16-14-44-24-42(25-45-15-17-47(4,5)6)34-21-33(29-19-26-9-10-27(18-26)20-29)41-36-30(23-40-43(34)36)28-11-12-32(39-22-28)35-31(37)8-7-13-38-35/h7-8,11-13,21-23,26-27,29H,9-10,14-20,24-25H2,1-6H3/t26-,27+,29+. The first kappa shape index (κ1) is 33.9. The number of pyridine rings is 2. The molecule has 4 aromatic rings. The Labute approximate surface area is 281 Å². The van der Waals surface area contributed by atoms with Crippen LogP contribution in [0.5, 0.6) is 0 Å². The monoisotopic (exact) mass is 674 g/mol. The van der Waals surface area contributed by atoms with E-state index in [-0.39, 0.29) is 11.5 Å². The number of aromatic nitrogens is 5. The summed E-state index contributed by atoms with van der Waals surface area (Å²) in [5.41, 5.74) is 4.43. The molecule has 47 heavy (non-hydrogen) atoms. The molecule has 11 heteroatoms. The van der Waals surface area contributed by atoms with Gasteiger partial charge in [-0.15, -0.1) is 0 Å². The number of anilines is 1. The first-order chi connectivity index (χ1) is 22.4. The van der Waals surface area contributed by atoms with Crippen LogP contribution in [0.1, 0.15) is 43.7 Å². The van der Waals surface area contributed by atoms with Crippen molar-refractivity contribution in [3.63, 3.8) is 0 Å². The largest absolute Gasteiger partial charge is 0.361 e. The molecule has 8 nitrogen and oxygen atoms in total. The molecule has 4 heterocycles. The molecule has 0 N–H and O–H groups in total. The van der Waals surface area contributed by atoms with Gasteiger partial charge in [0.2, 0.25) is 0 Å². The van der Waals surface area contributed by atoms with E-state index in [9.17, 15) is 4.39 Å². The van der Waals surface area contributed by atoms with E-state index in [0.717, 1.165) is 65.4 Å². The average Bonchev–Trinajstić information content (AvgIpc) is 3.61. The second kappa shape index (κ2) is 14.2. The van der Waals surface area contributed by atoms with Crippen LogP contribution in [0.25, 0.3) is 28.2 Å². The van der Waals surface area contributed by atoms with E-state index in [1.807, 2.05) is 22.8 Å². The lowest BCUT2D eigenvalue weighted by molar-refractivity contribution is 0.0942. The molecule has 252 valence electrons. The smallest absolute Gasteiger partial charge is 0.165 e. The van der Waals surface area contributed by atoms with E-state index < -0.39 is 16.1 Å². The van der Waals surface area contributed by atoms with Crippen molar-refractivity contribution >= 4 is 27.6 Å². The average molecular weight is 675 g/mol. The van der Waals surface area contributed by atoms with Gasteiger partial charge in [-0.3, -0.25) is 9.97 Å². The normalized spacial score (nSPS) is 19.9. The van der Waals surface area contributed by atoms with Crippen LogP contribution in [0.15, 0.2) is 48.9 Å². The van der Waals surface area contributed by atoms with Crippen LogP contribution in [0.2, 0.25) is 51.4 Å². The first-order valence-corrected chi connectivity index (χ1v) is 24.7. The predicted molar refractivity (Wildman–Crippen MR) is 193 cm³/mol. The molecule has 0 unspecified atom stereocenters. The topological polar surface area (TPSA) is 77.7 Å². The van der Waals surface area contributed by atoms with Gasteiger partial charge in [0.25, 0.3) is 0 Å². The van der Waals surface area contributed by atoms with Crippen LogP contribution in [0.4, 0.5) is 10.2 Å². The van der Waals surface area contributed by atoms with Crippen LogP contribution in [0, 0.1) is 17.7 Å². The zero-order chi connectivity index (χ0) is 33.2. The van der Waals surface area contributed by atoms with E-state index in [1.165, 1.54) is 38.2 Å². The van der Waals surface area contributed by atoms with Crippen molar-refractivity contribution in [3.05, 3.63) is 60.4 Å². The Morgan fingerprint density at radius 1 is 0.872 bits per heavy atom. The maximum absolute atomic E-state index is 14.4. The fourth-order valence-corrected chi connectivity index (χ4v) is 8.41. The van der Waals surface area contributed by atoms with E-state index in [2.05, 4.69) is 60.2 Å². The van der Waals surface area contributed by atoms with Gasteiger partial charge in [0.1, 0.15) is 25.0 Å². The van der Waals surface area contributed by atoms with Crippen molar-refractivity contribution in [2.75, 3.05) is 31.6 Å². The molecule has 2 aliphatic carbocycles. The van der Waals surface area contributed by atoms with Gasteiger partial charge in [0.05, 0.1) is 11.9 Å². The number of fused-ring (bicyclic) bond motifs is 3. The van der Waals surface area contributed by atoms with Gasteiger partial charge in [-0.1, -0.05) is 58.2 Å². The van der Waals surface area contributed by atoms with Crippen LogP contribution >= 0.6 is 0 Å². The Morgan fingerprint density at radius 3 is 2.15 bits per heavy atom. The van der Waals surface area contributed by atoms with E-state index in [4.69, 9.17) is 19.6 Å².